The molecular weight excluding hydrogens is 354 g/mol. The topological polar surface area (TPSA) is 78.1 Å². The molecule has 0 aliphatic rings. The Bertz CT molecular complexity index is 967. The van der Waals surface area contributed by atoms with E-state index in [1.165, 1.54) is 29.0 Å². The molecule has 0 bridgehead atoms. The van der Waals surface area contributed by atoms with Gasteiger partial charge in [-0.15, -0.1) is 5.10 Å². The fraction of sp³-hybridized carbons (Fsp3) is 0.200. The molecule has 0 aliphatic carbocycles. The quantitative estimate of drug-likeness (QED) is 0.300. The van der Waals surface area contributed by atoms with Gasteiger partial charge in [0.15, 0.2) is 5.82 Å². The van der Waals surface area contributed by atoms with Gasteiger partial charge in [0.05, 0.1) is 17.7 Å². The summed E-state index contributed by atoms with van der Waals surface area (Å²) in [6.07, 6.45) is 0.918. The third-order valence-electron chi connectivity index (χ3n) is 3.32. The summed E-state index contributed by atoms with van der Waals surface area (Å²) in [5.74, 6) is -1.78. The Hall–Kier alpha value is -2.88. The van der Waals surface area contributed by atoms with Gasteiger partial charge in [0.1, 0.15) is 18.7 Å². The predicted octanol–water partition coefficient (Wildman–Crippen LogP) is 2.72. The van der Waals surface area contributed by atoms with Gasteiger partial charge in [-0.25, -0.2) is 13.3 Å². The van der Waals surface area contributed by atoms with Crippen LogP contribution in [0.1, 0.15) is 10.6 Å². The first-order valence-corrected chi connectivity index (χ1v) is 7.86. The molecule has 2 aromatic heterocycles. The number of esters is 1. The van der Waals surface area contributed by atoms with Crippen molar-refractivity contribution in [2.45, 2.75) is 13.3 Å². The molecular formula is C15H12F2N4O3S. The maximum atomic E-state index is 13.9. The highest BCUT2D eigenvalue weighted by molar-refractivity contribution is 7.17. The molecule has 1 aromatic carbocycles. The van der Waals surface area contributed by atoms with Gasteiger partial charge in [-0.3, -0.25) is 4.79 Å². The first-order valence-electron chi connectivity index (χ1n) is 7.04. The van der Waals surface area contributed by atoms with Crippen molar-refractivity contribution < 1.29 is 23.1 Å². The van der Waals surface area contributed by atoms with Crippen LogP contribution in [0.4, 0.5) is 8.78 Å². The van der Waals surface area contributed by atoms with Crippen molar-refractivity contribution in [2.75, 3.05) is 7.11 Å². The summed E-state index contributed by atoms with van der Waals surface area (Å²) in [7, 11) is 1.33. The molecule has 0 aliphatic heterocycles. The number of nitrogens with zero attached hydrogens (tertiary/aromatic N) is 4. The van der Waals surface area contributed by atoms with Gasteiger partial charge < -0.3 is 9.57 Å². The Morgan fingerprint density at radius 2 is 2.24 bits per heavy atom. The molecule has 0 atom stereocenters. The van der Waals surface area contributed by atoms with E-state index < -0.39 is 17.6 Å². The van der Waals surface area contributed by atoms with Crippen LogP contribution in [0.5, 0.6) is 0 Å². The Kier molecular flexibility index (Phi) is 4.70. The maximum absolute atomic E-state index is 13.9. The van der Waals surface area contributed by atoms with Gasteiger partial charge in [-0.1, -0.05) is 16.5 Å². The molecule has 3 aromatic rings. The highest BCUT2D eigenvalue weighted by atomic mass is 32.1. The average molecular weight is 366 g/mol. The minimum absolute atomic E-state index is 0.0114. The molecule has 10 heteroatoms. The number of hydrogen-bond acceptors (Lipinski definition) is 7. The summed E-state index contributed by atoms with van der Waals surface area (Å²) in [5.41, 5.74) is 0.787. The van der Waals surface area contributed by atoms with Crippen LogP contribution in [0.25, 0.3) is 16.3 Å². The number of ether oxygens (including phenoxy) is 1. The Morgan fingerprint density at radius 3 is 2.92 bits per heavy atom. The second-order valence-corrected chi connectivity index (χ2v) is 5.99. The highest BCUT2D eigenvalue weighted by Gasteiger charge is 2.18. The van der Waals surface area contributed by atoms with Crippen LogP contribution in [0, 0.1) is 18.6 Å². The van der Waals surface area contributed by atoms with Gasteiger partial charge in [0, 0.05) is 10.9 Å². The lowest BCUT2D eigenvalue weighted by Crippen LogP contribution is -2.07. The molecule has 0 amide bonds. The maximum Gasteiger partial charge on any atom is 0.317 e. The highest BCUT2D eigenvalue weighted by Crippen LogP contribution is 2.26. The predicted molar refractivity (Wildman–Crippen MR) is 86.3 cm³/mol. The zero-order valence-electron chi connectivity index (χ0n) is 13.2. The summed E-state index contributed by atoms with van der Waals surface area (Å²) in [4.78, 5) is 21.5. The number of oxime groups is 1. The van der Waals surface area contributed by atoms with Crippen LogP contribution in [0.2, 0.25) is 0 Å². The number of thiazole rings is 1. The molecule has 0 saturated heterocycles. The minimum atomic E-state index is -0.739. The number of aromatic nitrogens is 3. The number of halogens is 2. The van der Waals surface area contributed by atoms with Crippen molar-refractivity contribution in [2.24, 2.45) is 5.16 Å². The monoisotopic (exact) mass is 366 g/mol. The molecule has 0 spiro atoms. The smallest absolute Gasteiger partial charge is 0.317 e. The number of benzene rings is 1. The molecule has 0 radical (unpaired) electrons. The summed E-state index contributed by atoms with van der Waals surface area (Å²) in [5, 5.41) is 7.54. The molecule has 130 valence electrons. The first kappa shape index (κ1) is 17.0. The van der Waals surface area contributed by atoms with E-state index in [1.54, 1.807) is 6.92 Å². The first-order chi connectivity index (χ1) is 12.0. The number of fused-ring (bicyclic) bond motifs is 1. The van der Waals surface area contributed by atoms with E-state index in [-0.39, 0.29) is 17.8 Å². The number of carbonyl (C=O) groups is 1. The summed E-state index contributed by atoms with van der Waals surface area (Å²) < 4.78 is 33.1. The molecule has 2 heterocycles. The lowest BCUT2D eigenvalue weighted by atomic mass is 10.2. The van der Waals surface area contributed by atoms with Gasteiger partial charge in [0.25, 0.3) is 0 Å². The lowest BCUT2D eigenvalue weighted by Gasteiger charge is -1.99. The second-order valence-electron chi connectivity index (χ2n) is 4.92. The lowest BCUT2D eigenvalue weighted by molar-refractivity contribution is -0.134. The zero-order chi connectivity index (χ0) is 18.0. The van der Waals surface area contributed by atoms with Crippen molar-refractivity contribution in [3.8, 4) is 11.4 Å². The zero-order valence-corrected chi connectivity index (χ0v) is 14.0. The molecule has 25 heavy (non-hydrogen) atoms. The number of aryl methyl sites for hydroxylation is 1. The van der Waals surface area contributed by atoms with Crippen LogP contribution in [-0.4, -0.2) is 34.1 Å². The SMILES string of the molecule is CO/N=C/OC(=O)Cc1sc2nc(-c3ccc(F)cc3F)nn2c1C. The van der Waals surface area contributed by atoms with Crippen molar-refractivity contribution in [1.29, 1.82) is 0 Å². The van der Waals surface area contributed by atoms with Gasteiger partial charge >= 0.3 is 5.97 Å². The normalized spacial score (nSPS) is 11.4. The van der Waals surface area contributed by atoms with Crippen LogP contribution in [0.15, 0.2) is 23.4 Å². The van der Waals surface area contributed by atoms with Crippen LogP contribution >= 0.6 is 11.3 Å². The van der Waals surface area contributed by atoms with Crippen molar-refractivity contribution in [1.82, 2.24) is 14.6 Å². The second kappa shape index (κ2) is 6.93. The van der Waals surface area contributed by atoms with E-state index in [4.69, 9.17) is 4.74 Å². The van der Waals surface area contributed by atoms with E-state index in [2.05, 4.69) is 20.1 Å². The summed E-state index contributed by atoms with van der Waals surface area (Å²) in [6.45, 7) is 1.76. The largest absolute Gasteiger partial charge is 0.411 e. The minimum Gasteiger partial charge on any atom is -0.411 e. The number of rotatable bonds is 5. The van der Waals surface area contributed by atoms with Gasteiger partial charge in [-0.05, 0) is 19.1 Å². The average Bonchev–Trinajstić information content (AvgIpc) is 3.08. The van der Waals surface area contributed by atoms with E-state index in [0.717, 1.165) is 18.5 Å². The summed E-state index contributed by atoms with van der Waals surface area (Å²) >= 11 is 1.23. The fourth-order valence-corrected chi connectivity index (χ4v) is 3.17. The van der Waals surface area contributed by atoms with Crippen LogP contribution < -0.4 is 0 Å². The van der Waals surface area contributed by atoms with Gasteiger partial charge in [0.2, 0.25) is 11.4 Å². The van der Waals surface area contributed by atoms with E-state index in [9.17, 15) is 13.6 Å². The third kappa shape index (κ3) is 3.48. The van der Waals surface area contributed by atoms with Crippen LogP contribution in [0.3, 0.4) is 0 Å². The molecule has 7 nitrogen and oxygen atoms in total. The molecule has 0 fully saturated rings. The molecule has 0 unspecified atom stereocenters. The molecule has 0 N–H and O–H groups in total. The Morgan fingerprint density at radius 1 is 1.44 bits per heavy atom. The Labute approximate surface area is 144 Å². The van der Waals surface area contributed by atoms with E-state index >= 15 is 0 Å². The van der Waals surface area contributed by atoms with E-state index in [0.29, 0.717) is 15.5 Å². The third-order valence-corrected chi connectivity index (χ3v) is 4.46. The standard InChI is InChI=1S/C15H12F2N4O3S/c1-8-12(6-13(22)24-7-18-23-2)25-15-19-14(20-21(8)15)10-4-3-9(16)5-11(10)17/h3-5,7H,6H2,1-2H3/b18-7+. The summed E-state index contributed by atoms with van der Waals surface area (Å²) in [6, 6.07) is 3.20. The number of hydrogen-bond donors (Lipinski definition) is 0. The molecule has 0 saturated carbocycles. The van der Waals surface area contributed by atoms with Crippen molar-refractivity contribution in [3.63, 3.8) is 0 Å². The fourth-order valence-electron chi connectivity index (χ4n) is 2.13. The van der Waals surface area contributed by atoms with E-state index in [1.807, 2.05) is 0 Å². The number of carbonyl (C=O) groups excluding carboxylic acids is 1. The molecule has 3 rings (SSSR count). The van der Waals surface area contributed by atoms with Crippen molar-refractivity contribution >= 4 is 28.7 Å². The van der Waals surface area contributed by atoms with Crippen LogP contribution in [-0.2, 0) is 20.8 Å². The van der Waals surface area contributed by atoms with Gasteiger partial charge in [-0.2, -0.15) is 4.98 Å². The Balaban J connectivity index is 1.86. The van der Waals surface area contributed by atoms with Crippen molar-refractivity contribution in [3.05, 3.63) is 40.4 Å².